The van der Waals surface area contributed by atoms with Crippen molar-refractivity contribution in [1.29, 1.82) is 5.26 Å². The summed E-state index contributed by atoms with van der Waals surface area (Å²) in [4.78, 5) is 0. The third kappa shape index (κ3) is 2.93. The number of hydrogen-bond donors (Lipinski definition) is 3. The first-order valence-electron chi connectivity index (χ1n) is 5.93. The van der Waals surface area contributed by atoms with Crippen molar-refractivity contribution in [3.8, 4) is 28.9 Å². The predicted molar refractivity (Wildman–Crippen MR) is 75.3 cm³/mol. The van der Waals surface area contributed by atoms with Crippen LogP contribution in [0.25, 0.3) is 11.3 Å². The van der Waals surface area contributed by atoms with E-state index in [0.29, 0.717) is 11.1 Å². The Morgan fingerprint density at radius 3 is 2.67 bits per heavy atom. The lowest BCUT2D eigenvalue weighted by atomic mass is 10.1. The van der Waals surface area contributed by atoms with Crippen LogP contribution in [0.4, 0.5) is 5.88 Å². The van der Waals surface area contributed by atoms with E-state index in [9.17, 15) is 18.6 Å². The highest BCUT2D eigenvalue weighted by molar-refractivity contribution is 7.92. The maximum atomic E-state index is 11.5. The molecular formula is C13H12N2O5S. The number of hydrogen-bond acceptors (Lipinski definition) is 6. The maximum absolute atomic E-state index is 11.5. The molecule has 0 saturated carbocycles. The molecule has 8 heteroatoms. The van der Waals surface area contributed by atoms with Gasteiger partial charge in [0.1, 0.15) is 0 Å². The highest BCUT2D eigenvalue weighted by atomic mass is 32.2. The Bertz CT molecular complexity index is 818. The molecule has 0 saturated heterocycles. The Hall–Kier alpha value is -2.66. The molecule has 1 aromatic carbocycles. The maximum Gasteiger partial charge on any atom is 0.253 e. The van der Waals surface area contributed by atoms with Gasteiger partial charge in [-0.3, -0.25) is 0 Å². The summed E-state index contributed by atoms with van der Waals surface area (Å²) in [6.07, 6.45) is 0. The van der Waals surface area contributed by atoms with Crippen LogP contribution in [0.3, 0.4) is 0 Å². The summed E-state index contributed by atoms with van der Waals surface area (Å²) >= 11 is 0. The van der Waals surface area contributed by atoms with Crippen LogP contribution in [-0.2, 0) is 10.0 Å². The van der Waals surface area contributed by atoms with Gasteiger partial charge in [0, 0.05) is 5.56 Å². The van der Waals surface area contributed by atoms with E-state index in [4.69, 9.17) is 9.68 Å². The minimum absolute atomic E-state index is 0.126. The molecule has 0 radical (unpaired) electrons. The smallest absolute Gasteiger partial charge is 0.253 e. The zero-order valence-electron chi connectivity index (χ0n) is 11.0. The number of sulfonamides is 1. The average molecular weight is 308 g/mol. The normalized spacial score (nSPS) is 11.0. The van der Waals surface area contributed by atoms with Crippen molar-refractivity contribution in [1.82, 2.24) is 0 Å². The number of benzene rings is 1. The largest absolute Gasteiger partial charge is 0.502 e. The minimum atomic E-state index is -3.66. The van der Waals surface area contributed by atoms with E-state index < -0.39 is 27.4 Å². The van der Waals surface area contributed by atoms with Gasteiger partial charge in [0.15, 0.2) is 5.76 Å². The fourth-order valence-corrected chi connectivity index (χ4v) is 2.19. The van der Waals surface area contributed by atoms with Crippen molar-refractivity contribution in [2.75, 3.05) is 10.5 Å². The molecule has 1 aromatic heterocycles. The number of furan rings is 1. The quantitative estimate of drug-likeness (QED) is 0.793. The third-order valence-corrected chi connectivity index (χ3v) is 4.00. The first-order valence-corrected chi connectivity index (χ1v) is 7.59. The molecule has 0 aliphatic rings. The lowest BCUT2D eigenvalue weighted by Gasteiger charge is -2.02. The van der Waals surface area contributed by atoms with Crippen molar-refractivity contribution < 1.29 is 23.0 Å². The highest BCUT2D eigenvalue weighted by Gasteiger charge is 2.23. The van der Waals surface area contributed by atoms with Crippen molar-refractivity contribution in [3.63, 3.8) is 0 Å². The molecule has 0 fully saturated rings. The number of nitriles is 1. The molecule has 1 heterocycles. The molecule has 0 amide bonds. The summed E-state index contributed by atoms with van der Waals surface area (Å²) in [6, 6.07) is 8.05. The molecule has 0 bridgehead atoms. The third-order valence-electron chi connectivity index (χ3n) is 2.74. The number of nitrogens with one attached hydrogen (secondary N) is 1. The molecule has 21 heavy (non-hydrogen) atoms. The van der Waals surface area contributed by atoms with Gasteiger partial charge in [0.2, 0.25) is 21.5 Å². The monoisotopic (exact) mass is 308 g/mol. The van der Waals surface area contributed by atoms with Crippen LogP contribution >= 0.6 is 0 Å². The molecule has 0 atom stereocenters. The fraction of sp³-hybridized carbons (Fsp3) is 0.154. The Morgan fingerprint density at radius 2 is 2.05 bits per heavy atom. The Balaban J connectivity index is 2.50. The summed E-state index contributed by atoms with van der Waals surface area (Å²) in [5.74, 6) is -2.11. The number of rotatable bonds is 4. The van der Waals surface area contributed by atoms with Crippen molar-refractivity contribution in [2.24, 2.45) is 0 Å². The molecule has 0 aliphatic heterocycles. The van der Waals surface area contributed by atoms with E-state index >= 15 is 0 Å². The standard InChI is InChI=1S/C13H12N2O5S/c1-2-21(18,19)15-13-11(17)10(16)12(20-13)9-5-3-4-8(6-9)7-14/h3-6,15-17H,2H2,1H3. The first kappa shape index (κ1) is 14.7. The zero-order valence-corrected chi connectivity index (χ0v) is 11.8. The minimum Gasteiger partial charge on any atom is -0.502 e. The van der Waals surface area contributed by atoms with Crippen LogP contribution < -0.4 is 4.72 Å². The van der Waals surface area contributed by atoms with E-state index in [1.54, 1.807) is 18.2 Å². The van der Waals surface area contributed by atoms with E-state index in [-0.39, 0.29) is 11.5 Å². The van der Waals surface area contributed by atoms with Gasteiger partial charge in [-0.05, 0) is 19.1 Å². The molecule has 2 aromatic rings. The van der Waals surface area contributed by atoms with Gasteiger partial charge in [-0.15, -0.1) is 0 Å². The van der Waals surface area contributed by atoms with Gasteiger partial charge in [-0.2, -0.15) is 5.26 Å². The lowest BCUT2D eigenvalue weighted by Crippen LogP contribution is -2.14. The Labute approximate surface area is 121 Å². The summed E-state index contributed by atoms with van der Waals surface area (Å²) in [7, 11) is -3.66. The second kappa shape index (κ2) is 5.38. The van der Waals surface area contributed by atoms with Gasteiger partial charge >= 0.3 is 0 Å². The van der Waals surface area contributed by atoms with Crippen LogP contribution in [0.1, 0.15) is 12.5 Å². The summed E-state index contributed by atoms with van der Waals surface area (Å²) < 4.78 is 30.1. The second-order valence-corrected chi connectivity index (χ2v) is 6.17. The van der Waals surface area contributed by atoms with Crippen molar-refractivity contribution in [3.05, 3.63) is 29.8 Å². The number of anilines is 1. The van der Waals surface area contributed by atoms with Crippen LogP contribution in [0.15, 0.2) is 28.7 Å². The molecule has 2 rings (SSSR count). The summed E-state index contributed by atoms with van der Waals surface area (Å²) in [6.45, 7) is 1.42. The highest BCUT2D eigenvalue weighted by Crippen LogP contribution is 2.45. The molecule has 0 spiro atoms. The van der Waals surface area contributed by atoms with Crippen LogP contribution in [0, 0.1) is 11.3 Å². The molecule has 3 N–H and O–H groups in total. The second-order valence-electron chi connectivity index (χ2n) is 4.16. The zero-order chi connectivity index (χ0) is 15.6. The Kier molecular flexibility index (Phi) is 3.78. The predicted octanol–water partition coefficient (Wildman–Crippen LogP) is 1.99. The first-order chi connectivity index (χ1) is 9.88. The van der Waals surface area contributed by atoms with Gasteiger partial charge < -0.3 is 14.6 Å². The van der Waals surface area contributed by atoms with Crippen LogP contribution in [0.2, 0.25) is 0 Å². The molecule has 0 aliphatic carbocycles. The number of aromatic hydroxyl groups is 2. The molecule has 0 unspecified atom stereocenters. The topological polar surface area (TPSA) is 124 Å². The SMILES string of the molecule is CCS(=O)(=O)Nc1oc(-c2cccc(C#N)c2)c(O)c1O. The Morgan fingerprint density at radius 1 is 1.33 bits per heavy atom. The van der Waals surface area contributed by atoms with E-state index in [1.165, 1.54) is 13.0 Å². The van der Waals surface area contributed by atoms with Crippen LogP contribution in [0.5, 0.6) is 11.5 Å². The molecular weight excluding hydrogens is 296 g/mol. The summed E-state index contributed by atoms with van der Waals surface area (Å²) in [5, 5.41) is 28.4. The van der Waals surface area contributed by atoms with Crippen molar-refractivity contribution >= 4 is 15.9 Å². The molecule has 110 valence electrons. The van der Waals surface area contributed by atoms with Crippen LogP contribution in [-0.4, -0.2) is 24.4 Å². The van der Waals surface area contributed by atoms with Gasteiger partial charge in [-0.1, -0.05) is 12.1 Å². The van der Waals surface area contributed by atoms with E-state index in [1.807, 2.05) is 10.8 Å². The van der Waals surface area contributed by atoms with E-state index in [2.05, 4.69) is 0 Å². The lowest BCUT2D eigenvalue weighted by molar-refractivity contribution is 0.410. The molecule has 7 nitrogen and oxygen atoms in total. The number of nitrogens with zero attached hydrogens (tertiary/aromatic N) is 1. The average Bonchev–Trinajstić information content (AvgIpc) is 2.75. The van der Waals surface area contributed by atoms with Crippen molar-refractivity contribution in [2.45, 2.75) is 6.92 Å². The summed E-state index contributed by atoms with van der Waals surface area (Å²) in [5.41, 5.74) is 0.669. The fourth-order valence-electron chi connectivity index (χ4n) is 1.62. The van der Waals surface area contributed by atoms with Gasteiger partial charge in [0.05, 0.1) is 17.4 Å². The van der Waals surface area contributed by atoms with Gasteiger partial charge in [-0.25, -0.2) is 13.1 Å². The van der Waals surface area contributed by atoms with Gasteiger partial charge in [0.25, 0.3) is 5.88 Å². The van der Waals surface area contributed by atoms with E-state index in [0.717, 1.165) is 0 Å².